The maximum Gasteiger partial charge on any atom is 0.128 e. The summed E-state index contributed by atoms with van der Waals surface area (Å²) < 4.78 is 27.3. The summed E-state index contributed by atoms with van der Waals surface area (Å²) in [4.78, 5) is 2.23. The summed E-state index contributed by atoms with van der Waals surface area (Å²) >= 11 is 0. The first-order chi connectivity index (χ1) is 9.13. The van der Waals surface area contributed by atoms with Crippen LogP contribution < -0.4 is 5.73 Å². The molecule has 0 bridgehead atoms. The van der Waals surface area contributed by atoms with Gasteiger partial charge >= 0.3 is 0 Å². The standard InChI is InChI=1S/C15H22F2N2/c1-11-5-3-2-4-8-19(11)15(10-18)13-9-12(16)6-7-14(13)17/h6-7,9,11,15H,2-5,8,10,18H2,1H3. The minimum atomic E-state index is -0.405. The summed E-state index contributed by atoms with van der Waals surface area (Å²) in [6.07, 6.45) is 4.58. The monoisotopic (exact) mass is 268 g/mol. The van der Waals surface area contributed by atoms with Crippen LogP contribution in [0.1, 0.15) is 44.2 Å². The van der Waals surface area contributed by atoms with Gasteiger partial charge < -0.3 is 5.73 Å². The summed E-state index contributed by atoms with van der Waals surface area (Å²) in [5, 5.41) is 0. The van der Waals surface area contributed by atoms with Gasteiger partial charge in [0.1, 0.15) is 11.6 Å². The molecular formula is C15H22F2N2. The summed E-state index contributed by atoms with van der Waals surface area (Å²) in [6, 6.07) is 3.75. The van der Waals surface area contributed by atoms with E-state index in [2.05, 4.69) is 11.8 Å². The van der Waals surface area contributed by atoms with Gasteiger partial charge in [-0.15, -0.1) is 0 Å². The summed E-state index contributed by atoms with van der Waals surface area (Å²) in [6.45, 7) is 3.36. The highest BCUT2D eigenvalue weighted by Gasteiger charge is 2.27. The smallest absolute Gasteiger partial charge is 0.128 e. The van der Waals surface area contributed by atoms with Gasteiger partial charge in [-0.2, -0.15) is 0 Å². The molecule has 2 unspecified atom stereocenters. The average Bonchev–Trinajstić information content (AvgIpc) is 2.60. The zero-order valence-electron chi connectivity index (χ0n) is 11.4. The minimum Gasteiger partial charge on any atom is -0.329 e. The normalized spacial score (nSPS) is 23.1. The second kappa shape index (κ2) is 6.44. The fourth-order valence-corrected chi connectivity index (χ4v) is 2.97. The van der Waals surface area contributed by atoms with Gasteiger partial charge in [0.25, 0.3) is 0 Å². The van der Waals surface area contributed by atoms with Crippen molar-refractivity contribution in [2.45, 2.75) is 44.7 Å². The molecule has 0 amide bonds. The van der Waals surface area contributed by atoms with Crippen molar-refractivity contribution in [1.29, 1.82) is 0 Å². The molecule has 19 heavy (non-hydrogen) atoms. The second-order valence-electron chi connectivity index (χ2n) is 5.35. The number of nitrogens with two attached hydrogens (primary N) is 1. The average molecular weight is 268 g/mol. The summed E-state index contributed by atoms with van der Waals surface area (Å²) in [5.74, 6) is -0.773. The third kappa shape index (κ3) is 3.31. The molecule has 1 aromatic carbocycles. The van der Waals surface area contributed by atoms with Gasteiger partial charge in [0.2, 0.25) is 0 Å². The van der Waals surface area contributed by atoms with Crippen LogP contribution in [-0.4, -0.2) is 24.0 Å². The van der Waals surface area contributed by atoms with Gasteiger partial charge in [-0.05, 0) is 44.5 Å². The number of hydrogen-bond acceptors (Lipinski definition) is 2. The number of rotatable bonds is 3. The molecule has 1 fully saturated rings. The van der Waals surface area contributed by atoms with E-state index in [0.717, 1.165) is 25.5 Å². The van der Waals surface area contributed by atoms with Crippen LogP contribution in [0.4, 0.5) is 8.78 Å². The third-order valence-corrected chi connectivity index (χ3v) is 4.05. The van der Waals surface area contributed by atoms with Crippen LogP contribution in [0.2, 0.25) is 0 Å². The Balaban J connectivity index is 2.29. The highest BCUT2D eigenvalue weighted by Crippen LogP contribution is 2.29. The molecule has 0 aliphatic carbocycles. The molecule has 0 saturated carbocycles. The van der Waals surface area contributed by atoms with E-state index >= 15 is 0 Å². The van der Waals surface area contributed by atoms with Crippen molar-refractivity contribution in [1.82, 2.24) is 4.90 Å². The topological polar surface area (TPSA) is 29.3 Å². The van der Waals surface area contributed by atoms with E-state index in [-0.39, 0.29) is 11.9 Å². The Morgan fingerprint density at radius 2 is 2.11 bits per heavy atom. The molecule has 1 saturated heterocycles. The van der Waals surface area contributed by atoms with Crippen LogP contribution in [0.3, 0.4) is 0 Å². The molecule has 1 aromatic rings. The molecule has 0 aromatic heterocycles. The lowest BCUT2D eigenvalue weighted by Gasteiger charge is -2.35. The van der Waals surface area contributed by atoms with Crippen molar-refractivity contribution in [2.24, 2.45) is 5.73 Å². The molecule has 2 atom stereocenters. The molecule has 2 nitrogen and oxygen atoms in total. The first-order valence-corrected chi connectivity index (χ1v) is 7.04. The lowest BCUT2D eigenvalue weighted by Crippen LogP contribution is -2.40. The fourth-order valence-electron chi connectivity index (χ4n) is 2.97. The zero-order valence-corrected chi connectivity index (χ0v) is 11.4. The van der Waals surface area contributed by atoms with E-state index in [1.54, 1.807) is 0 Å². The molecule has 4 heteroatoms. The SMILES string of the molecule is CC1CCCCCN1C(CN)c1cc(F)ccc1F. The van der Waals surface area contributed by atoms with Gasteiger partial charge in [-0.1, -0.05) is 12.8 Å². The largest absolute Gasteiger partial charge is 0.329 e. The van der Waals surface area contributed by atoms with Crippen LogP contribution >= 0.6 is 0 Å². The Morgan fingerprint density at radius 1 is 1.32 bits per heavy atom. The van der Waals surface area contributed by atoms with Crippen LogP contribution in [0, 0.1) is 11.6 Å². The van der Waals surface area contributed by atoms with Crippen molar-refractivity contribution in [3.8, 4) is 0 Å². The Kier molecular flexibility index (Phi) is 4.88. The van der Waals surface area contributed by atoms with E-state index in [1.165, 1.54) is 25.0 Å². The molecule has 1 aliphatic rings. The van der Waals surface area contributed by atoms with Crippen LogP contribution in [0.5, 0.6) is 0 Å². The first-order valence-electron chi connectivity index (χ1n) is 7.04. The maximum atomic E-state index is 13.9. The van der Waals surface area contributed by atoms with Gasteiger partial charge in [0.15, 0.2) is 0 Å². The predicted octanol–water partition coefficient (Wildman–Crippen LogP) is 3.23. The summed E-state index contributed by atoms with van der Waals surface area (Å²) in [5.41, 5.74) is 6.22. The molecule has 2 N–H and O–H groups in total. The van der Waals surface area contributed by atoms with Crippen LogP contribution in [-0.2, 0) is 0 Å². The first kappa shape index (κ1) is 14.4. The Bertz CT molecular complexity index is 423. The Hall–Kier alpha value is -1.00. The van der Waals surface area contributed by atoms with Crippen molar-refractivity contribution >= 4 is 0 Å². The predicted molar refractivity (Wildman–Crippen MR) is 72.8 cm³/mol. The highest BCUT2D eigenvalue weighted by atomic mass is 19.1. The number of hydrogen-bond donors (Lipinski definition) is 1. The van der Waals surface area contributed by atoms with Crippen LogP contribution in [0.15, 0.2) is 18.2 Å². The van der Waals surface area contributed by atoms with E-state index in [9.17, 15) is 8.78 Å². The highest BCUT2D eigenvalue weighted by molar-refractivity contribution is 5.23. The molecular weight excluding hydrogens is 246 g/mol. The minimum absolute atomic E-state index is 0.233. The van der Waals surface area contributed by atoms with Crippen molar-refractivity contribution in [2.75, 3.05) is 13.1 Å². The second-order valence-corrected chi connectivity index (χ2v) is 5.35. The number of likely N-dealkylation sites (tertiary alicyclic amines) is 1. The molecule has 106 valence electrons. The van der Waals surface area contributed by atoms with E-state index in [4.69, 9.17) is 5.73 Å². The van der Waals surface area contributed by atoms with Gasteiger partial charge in [0.05, 0.1) is 6.04 Å². The molecule has 0 radical (unpaired) electrons. The maximum absolute atomic E-state index is 13.9. The lowest BCUT2D eigenvalue weighted by molar-refractivity contribution is 0.147. The fraction of sp³-hybridized carbons (Fsp3) is 0.600. The Labute approximate surface area is 113 Å². The number of halogens is 2. The van der Waals surface area contributed by atoms with Crippen LogP contribution in [0.25, 0.3) is 0 Å². The van der Waals surface area contributed by atoms with Gasteiger partial charge in [-0.25, -0.2) is 8.78 Å². The lowest BCUT2D eigenvalue weighted by atomic mass is 10.0. The van der Waals surface area contributed by atoms with E-state index < -0.39 is 5.82 Å². The van der Waals surface area contributed by atoms with Gasteiger partial charge in [0, 0.05) is 18.2 Å². The summed E-state index contributed by atoms with van der Waals surface area (Å²) in [7, 11) is 0. The molecule has 1 heterocycles. The molecule has 2 rings (SSSR count). The molecule has 0 spiro atoms. The molecule has 1 aliphatic heterocycles. The van der Waals surface area contributed by atoms with E-state index in [1.807, 2.05) is 0 Å². The van der Waals surface area contributed by atoms with Crippen molar-refractivity contribution < 1.29 is 8.78 Å². The zero-order chi connectivity index (χ0) is 13.8. The Morgan fingerprint density at radius 3 is 2.84 bits per heavy atom. The van der Waals surface area contributed by atoms with E-state index in [0.29, 0.717) is 18.2 Å². The van der Waals surface area contributed by atoms with Crippen molar-refractivity contribution in [3.05, 3.63) is 35.4 Å². The van der Waals surface area contributed by atoms with Gasteiger partial charge in [-0.3, -0.25) is 4.90 Å². The number of benzene rings is 1. The van der Waals surface area contributed by atoms with Crippen molar-refractivity contribution in [3.63, 3.8) is 0 Å². The quantitative estimate of drug-likeness (QED) is 0.912. The third-order valence-electron chi connectivity index (χ3n) is 4.05. The number of nitrogens with zero attached hydrogens (tertiary/aromatic N) is 1.